The van der Waals surface area contributed by atoms with E-state index >= 15 is 0 Å². The Kier molecular flexibility index (Phi) is 4.91. The molecule has 2 amide bonds. The Morgan fingerprint density at radius 3 is 2.33 bits per heavy atom. The summed E-state index contributed by atoms with van der Waals surface area (Å²) in [5, 5.41) is 2.85. The van der Waals surface area contributed by atoms with Crippen LogP contribution >= 0.6 is 0 Å². The second-order valence-corrected chi connectivity index (χ2v) is 7.46. The number of carbonyl (C=O) groups excluding carboxylic acids is 2. The van der Waals surface area contributed by atoms with Gasteiger partial charge in [-0.3, -0.25) is 9.59 Å². The van der Waals surface area contributed by atoms with Crippen LogP contribution in [-0.2, 0) is 9.59 Å². The van der Waals surface area contributed by atoms with Crippen LogP contribution in [0, 0.1) is 11.3 Å². The van der Waals surface area contributed by atoms with E-state index in [4.69, 9.17) is 0 Å². The molecule has 1 N–H and O–H groups in total. The van der Waals surface area contributed by atoms with Gasteiger partial charge in [-0.1, -0.05) is 27.7 Å². The summed E-state index contributed by atoms with van der Waals surface area (Å²) in [7, 11) is 0. The maximum Gasteiger partial charge on any atom is 0.246 e. The third-order valence-electron chi connectivity index (χ3n) is 4.70. The fourth-order valence-corrected chi connectivity index (χ4v) is 3.24. The Balaban J connectivity index is 1.96. The van der Waals surface area contributed by atoms with E-state index in [9.17, 15) is 9.59 Å². The zero-order chi connectivity index (χ0) is 15.6. The molecule has 1 unspecified atom stereocenters. The van der Waals surface area contributed by atoms with Crippen LogP contribution in [0.1, 0.15) is 40.5 Å². The molecular weight excluding hydrogens is 266 g/mol. The van der Waals surface area contributed by atoms with E-state index in [1.54, 1.807) is 4.90 Å². The average molecular weight is 295 g/mol. The summed E-state index contributed by atoms with van der Waals surface area (Å²) in [4.78, 5) is 28.7. The van der Waals surface area contributed by atoms with Gasteiger partial charge in [0.1, 0.15) is 6.04 Å². The first-order valence-electron chi connectivity index (χ1n) is 8.11. The lowest BCUT2D eigenvalue weighted by atomic mass is 9.84. The predicted molar refractivity (Wildman–Crippen MR) is 82.8 cm³/mol. The number of likely N-dealkylation sites (tertiary alicyclic amines) is 1. The molecule has 0 aromatic heterocycles. The van der Waals surface area contributed by atoms with Gasteiger partial charge in [0.25, 0.3) is 0 Å². The monoisotopic (exact) mass is 295 g/mol. The van der Waals surface area contributed by atoms with E-state index < -0.39 is 6.04 Å². The van der Waals surface area contributed by atoms with Gasteiger partial charge in [0.15, 0.2) is 0 Å². The van der Waals surface area contributed by atoms with E-state index in [-0.39, 0.29) is 23.8 Å². The quantitative estimate of drug-likeness (QED) is 0.848. The Bertz CT molecular complexity index is 395. The number of hydrogen-bond acceptors (Lipinski definition) is 3. The maximum atomic E-state index is 12.6. The highest BCUT2D eigenvalue weighted by atomic mass is 16.2. The van der Waals surface area contributed by atoms with Gasteiger partial charge in [-0.25, -0.2) is 0 Å². The molecule has 2 fully saturated rings. The number of hydrogen-bond donors (Lipinski definition) is 1. The van der Waals surface area contributed by atoms with E-state index in [0.717, 1.165) is 39.0 Å². The Labute approximate surface area is 128 Å². The molecule has 0 aliphatic carbocycles. The van der Waals surface area contributed by atoms with Crippen LogP contribution in [0.15, 0.2) is 0 Å². The summed E-state index contributed by atoms with van der Waals surface area (Å²) >= 11 is 0. The van der Waals surface area contributed by atoms with Crippen LogP contribution < -0.4 is 5.32 Å². The first-order valence-corrected chi connectivity index (χ1v) is 8.11. The minimum Gasteiger partial charge on any atom is -0.342 e. The summed E-state index contributed by atoms with van der Waals surface area (Å²) in [6.07, 6.45) is 2.25. The second kappa shape index (κ2) is 6.34. The SMILES string of the molecule is CCN1CCC(CN2CC(=O)NC(C(C)(C)C)C2=O)CC1. The van der Waals surface area contributed by atoms with E-state index in [1.165, 1.54) is 0 Å². The van der Waals surface area contributed by atoms with Crippen molar-refractivity contribution in [1.82, 2.24) is 15.1 Å². The molecule has 0 aromatic rings. The van der Waals surface area contributed by atoms with Crippen LogP contribution in [0.25, 0.3) is 0 Å². The molecule has 2 rings (SSSR count). The van der Waals surface area contributed by atoms with Crippen LogP contribution in [-0.4, -0.2) is 60.4 Å². The summed E-state index contributed by atoms with van der Waals surface area (Å²) in [5.41, 5.74) is -0.239. The molecule has 2 aliphatic rings. The largest absolute Gasteiger partial charge is 0.342 e. The molecule has 0 spiro atoms. The lowest BCUT2D eigenvalue weighted by molar-refractivity contribution is -0.148. The number of piperidine rings is 1. The predicted octanol–water partition coefficient (Wildman–Crippen LogP) is 1.09. The van der Waals surface area contributed by atoms with Crippen molar-refractivity contribution in [2.75, 3.05) is 32.7 Å². The normalized spacial score (nSPS) is 26.1. The summed E-state index contributed by atoms with van der Waals surface area (Å²) in [6, 6.07) is -0.394. The molecule has 2 saturated heterocycles. The molecule has 5 heteroatoms. The lowest BCUT2D eigenvalue weighted by Gasteiger charge is -2.41. The van der Waals surface area contributed by atoms with Crippen molar-refractivity contribution < 1.29 is 9.59 Å². The summed E-state index contributed by atoms with van der Waals surface area (Å²) in [6.45, 7) is 12.5. The van der Waals surface area contributed by atoms with Crippen LogP contribution in [0.4, 0.5) is 0 Å². The van der Waals surface area contributed by atoms with E-state index in [1.807, 2.05) is 20.8 Å². The summed E-state index contributed by atoms with van der Waals surface area (Å²) in [5.74, 6) is 0.587. The highest BCUT2D eigenvalue weighted by Gasteiger charge is 2.40. The Morgan fingerprint density at radius 2 is 1.81 bits per heavy atom. The number of rotatable bonds is 3. The van der Waals surface area contributed by atoms with E-state index in [2.05, 4.69) is 17.1 Å². The van der Waals surface area contributed by atoms with Crippen molar-refractivity contribution in [1.29, 1.82) is 0 Å². The molecule has 2 heterocycles. The molecular formula is C16H29N3O2. The van der Waals surface area contributed by atoms with Crippen molar-refractivity contribution in [3.05, 3.63) is 0 Å². The third kappa shape index (κ3) is 3.96. The first-order chi connectivity index (χ1) is 9.81. The van der Waals surface area contributed by atoms with Crippen molar-refractivity contribution in [2.24, 2.45) is 11.3 Å². The number of nitrogens with one attached hydrogen (secondary N) is 1. The Hall–Kier alpha value is -1.10. The van der Waals surface area contributed by atoms with Crippen molar-refractivity contribution >= 4 is 11.8 Å². The highest BCUT2D eigenvalue weighted by Crippen LogP contribution is 2.25. The maximum absolute atomic E-state index is 12.6. The molecule has 0 saturated carbocycles. The zero-order valence-corrected chi connectivity index (χ0v) is 13.8. The van der Waals surface area contributed by atoms with Crippen LogP contribution in [0.5, 0.6) is 0 Å². The molecule has 0 bridgehead atoms. The van der Waals surface area contributed by atoms with Gasteiger partial charge in [0, 0.05) is 6.54 Å². The number of nitrogens with zero attached hydrogens (tertiary/aromatic N) is 2. The smallest absolute Gasteiger partial charge is 0.246 e. The minimum atomic E-state index is -0.394. The van der Waals surface area contributed by atoms with Gasteiger partial charge in [0.05, 0.1) is 6.54 Å². The van der Waals surface area contributed by atoms with E-state index in [0.29, 0.717) is 5.92 Å². The number of amides is 2. The molecule has 0 radical (unpaired) electrons. The third-order valence-corrected chi connectivity index (χ3v) is 4.70. The van der Waals surface area contributed by atoms with Gasteiger partial charge in [-0.2, -0.15) is 0 Å². The molecule has 1 atom stereocenters. The summed E-state index contributed by atoms with van der Waals surface area (Å²) < 4.78 is 0. The van der Waals surface area contributed by atoms with Crippen LogP contribution in [0.3, 0.4) is 0 Å². The fraction of sp³-hybridized carbons (Fsp3) is 0.875. The molecule has 21 heavy (non-hydrogen) atoms. The fourth-order valence-electron chi connectivity index (χ4n) is 3.24. The topological polar surface area (TPSA) is 52.6 Å². The number of piperazine rings is 1. The van der Waals surface area contributed by atoms with Gasteiger partial charge in [0.2, 0.25) is 11.8 Å². The Morgan fingerprint density at radius 1 is 1.19 bits per heavy atom. The highest BCUT2D eigenvalue weighted by molar-refractivity contribution is 5.95. The zero-order valence-electron chi connectivity index (χ0n) is 13.8. The van der Waals surface area contributed by atoms with Crippen molar-refractivity contribution in [3.63, 3.8) is 0 Å². The molecule has 2 aliphatic heterocycles. The molecule has 120 valence electrons. The van der Waals surface area contributed by atoms with Gasteiger partial charge < -0.3 is 15.1 Å². The standard InChI is InChI=1S/C16H29N3O2/c1-5-18-8-6-12(7-9-18)10-19-11-13(20)17-14(15(19)21)16(2,3)4/h12,14H,5-11H2,1-4H3,(H,17,20). The lowest BCUT2D eigenvalue weighted by Crippen LogP contribution is -2.63. The van der Waals surface area contributed by atoms with Gasteiger partial charge in [-0.05, 0) is 43.8 Å². The van der Waals surface area contributed by atoms with Gasteiger partial charge >= 0.3 is 0 Å². The minimum absolute atomic E-state index is 0.0273. The molecule has 0 aromatic carbocycles. The number of carbonyl (C=O) groups is 2. The van der Waals surface area contributed by atoms with Crippen LogP contribution in [0.2, 0.25) is 0 Å². The first kappa shape index (κ1) is 16.3. The second-order valence-electron chi connectivity index (χ2n) is 7.46. The van der Waals surface area contributed by atoms with Gasteiger partial charge in [-0.15, -0.1) is 0 Å². The average Bonchev–Trinajstić information content (AvgIpc) is 2.42. The van der Waals surface area contributed by atoms with Crippen molar-refractivity contribution in [3.8, 4) is 0 Å². The van der Waals surface area contributed by atoms with Crippen molar-refractivity contribution in [2.45, 2.75) is 46.6 Å². The molecule has 5 nitrogen and oxygen atoms in total.